The summed E-state index contributed by atoms with van der Waals surface area (Å²) in [5, 5.41) is 3.29. The first-order valence-electron chi connectivity index (χ1n) is 16.5. The van der Waals surface area contributed by atoms with Gasteiger partial charge in [0.05, 0.1) is 30.0 Å². The van der Waals surface area contributed by atoms with E-state index in [1.807, 2.05) is 55.5 Å². The van der Waals surface area contributed by atoms with E-state index in [1.165, 1.54) is 4.90 Å². The monoisotopic (exact) mass is 691 g/mol. The Balaban J connectivity index is 0.886. The number of ether oxygens (including phenoxy) is 3. The number of benzene rings is 3. The summed E-state index contributed by atoms with van der Waals surface area (Å²) >= 11 is 1.64. The van der Waals surface area contributed by atoms with E-state index >= 15 is 0 Å². The molecule has 2 aliphatic heterocycles. The molecule has 3 aromatic carbocycles. The standard InChI is InChI=1S/C38H37N5O6S/c1-23-19-24(25-8-13-34(39-21-25)42(2)3)7-10-27(23)37-40-30-11-9-26(20-33(30)50-37)48-17-15-47-16-18-49-32-6-4-5-28-29(32)22-43(38(28)46)31-12-14-35(44)41-36(31)45/h4-11,13,19-21,31H,12,14-18,22H2,1-3H3,(H,41,44,45). The molecule has 0 aliphatic carbocycles. The number of anilines is 1. The zero-order chi connectivity index (χ0) is 34.8. The summed E-state index contributed by atoms with van der Waals surface area (Å²) in [6.45, 7) is 3.75. The van der Waals surface area contributed by atoms with Crippen LogP contribution in [0.15, 0.2) is 72.9 Å². The molecule has 1 atom stereocenters. The van der Waals surface area contributed by atoms with Gasteiger partial charge < -0.3 is 24.0 Å². The lowest BCUT2D eigenvalue weighted by Crippen LogP contribution is -2.52. The minimum atomic E-state index is -0.667. The number of aromatic nitrogens is 2. The number of nitrogens with zero attached hydrogens (tertiary/aromatic N) is 4. The number of pyridine rings is 1. The highest BCUT2D eigenvalue weighted by atomic mass is 32.1. The van der Waals surface area contributed by atoms with Crippen molar-refractivity contribution >= 4 is 45.1 Å². The Morgan fingerprint density at radius 3 is 2.50 bits per heavy atom. The number of thiazole rings is 1. The second kappa shape index (κ2) is 14.3. The summed E-state index contributed by atoms with van der Waals surface area (Å²) in [6, 6.07) is 21.1. The Morgan fingerprint density at radius 1 is 0.920 bits per heavy atom. The number of fused-ring (bicyclic) bond motifs is 2. The molecule has 1 N–H and O–H groups in total. The van der Waals surface area contributed by atoms with Crippen molar-refractivity contribution in [3.8, 4) is 33.2 Å². The van der Waals surface area contributed by atoms with Gasteiger partial charge in [0, 0.05) is 49.0 Å². The fraction of sp³-hybridized carbons (Fsp3) is 0.289. The van der Waals surface area contributed by atoms with Gasteiger partial charge in [-0.2, -0.15) is 0 Å². The summed E-state index contributed by atoms with van der Waals surface area (Å²) in [5.41, 5.74) is 6.62. The van der Waals surface area contributed by atoms with Gasteiger partial charge in [-0.1, -0.05) is 24.3 Å². The molecule has 7 rings (SSSR count). The smallest absolute Gasteiger partial charge is 0.255 e. The fourth-order valence-electron chi connectivity index (χ4n) is 6.24. The van der Waals surface area contributed by atoms with E-state index in [0.29, 0.717) is 44.2 Å². The average molecular weight is 692 g/mol. The van der Waals surface area contributed by atoms with Crippen molar-refractivity contribution in [2.24, 2.45) is 0 Å². The van der Waals surface area contributed by atoms with Crippen molar-refractivity contribution in [1.29, 1.82) is 0 Å². The molecule has 12 heteroatoms. The van der Waals surface area contributed by atoms with E-state index in [-0.39, 0.29) is 24.8 Å². The van der Waals surface area contributed by atoms with Crippen molar-refractivity contribution in [2.45, 2.75) is 32.4 Å². The number of piperidine rings is 1. The molecule has 2 aromatic heterocycles. The Labute approximate surface area is 293 Å². The zero-order valence-corrected chi connectivity index (χ0v) is 28.9. The van der Waals surface area contributed by atoms with E-state index in [0.717, 1.165) is 54.6 Å². The topological polar surface area (TPSA) is 123 Å². The van der Waals surface area contributed by atoms with Crippen LogP contribution >= 0.6 is 11.3 Å². The van der Waals surface area contributed by atoms with Crippen LogP contribution in [-0.4, -0.2) is 79.2 Å². The number of amides is 3. The SMILES string of the molecule is Cc1cc(-c2ccc(N(C)C)nc2)ccc1-c1nc2ccc(OCCOCCOc3cccc4c3CN(C3CCC(=O)NC3=O)C4=O)cc2s1. The third-order valence-electron chi connectivity index (χ3n) is 8.88. The molecule has 256 valence electrons. The normalized spacial score (nSPS) is 15.7. The van der Waals surface area contributed by atoms with Crippen LogP contribution in [0, 0.1) is 6.92 Å². The molecule has 0 radical (unpaired) electrons. The molecule has 50 heavy (non-hydrogen) atoms. The van der Waals surface area contributed by atoms with Gasteiger partial charge in [-0.15, -0.1) is 11.3 Å². The Morgan fingerprint density at radius 2 is 1.74 bits per heavy atom. The van der Waals surface area contributed by atoms with Crippen molar-refractivity contribution < 1.29 is 28.6 Å². The second-order valence-electron chi connectivity index (χ2n) is 12.5. The largest absolute Gasteiger partial charge is 0.491 e. The summed E-state index contributed by atoms with van der Waals surface area (Å²) < 4.78 is 18.7. The second-order valence-corrected chi connectivity index (χ2v) is 13.5. The van der Waals surface area contributed by atoms with Gasteiger partial charge in [0.25, 0.3) is 5.91 Å². The van der Waals surface area contributed by atoms with Crippen LogP contribution < -0.4 is 19.7 Å². The van der Waals surface area contributed by atoms with E-state index in [1.54, 1.807) is 23.5 Å². The first-order valence-corrected chi connectivity index (χ1v) is 17.3. The highest BCUT2D eigenvalue weighted by Crippen LogP contribution is 2.36. The number of imide groups is 1. The molecule has 1 unspecified atom stereocenters. The summed E-state index contributed by atoms with van der Waals surface area (Å²) in [6.07, 6.45) is 2.43. The van der Waals surface area contributed by atoms with Crippen LogP contribution in [0.4, 0.5) is 5.82 Å². The highest BCUT2D eigenvalue weighted by molar-refractivity contribution is 7.21. The summed E-state index contributed by atoms with van der Waals surface area (Å²) in [7, 11) is 3.96. The minimum Gasteiger partial charge on any atom is -0.491 e. The molecule has 0 bridgehead atoms. The first kappa shape index (κ1) is 33.2. The van der Waals surface area contributed by atoms with Crippen LogP contribution in [0.1, 0.15) is 34.3 Å². The number of rotatable bonds is 12. The lowest BCUT2D eigenvalue weighted by atomic mass is 10.0. The van der Waals surface area contributed by atoms with Gasteiger partial charge in [0.2, 0.25) is 11.8 Å². The third kappa shape index (κ3) is 6.89. The van der Waals surface area contributed by atoms with Crippen molar-refractivity contribution in [2.75, 3.05) is 45.4 Å². The fourth-order valence-corrected chi connectivity index (χ4v) is 7.32. The van der Waals surface area contributed by atoms with Crippen LogP contribution in [0.2, 0.25) is 0 Å². The molecule has 0 saturated carbocycles. The van der Waals surface area contributed by atoms with Crippen LogP contribution in [-0.2, 0) is 20.9 Å². The lowest BCUT2D eigenvalue weighted by molar-refractivity contribution is -0.136. The Hall–Kier alpha value is -5.33. The lowest BCUT2D eigenvalue weighted by Gasteiger charge is -2.29. The molecule has 3 amide bonds. The van der Waals surface area contributed by atoms with E-state index < -0.39 is 11.9 Å². The molecular weight excluding hydrogens is 655 g/mol. The maximum absolute atomic E-state index is 13.0. The van der Waals surface area contributed by atoms with Crippen LogP contribution in [0.5, 0.6) is 11.5 Å². The minimum absolute atomic E-state index is 0.212. The zero-order valence-electron chi connectivity index (χ0n) is 28.1. The Bertz CT molecular complexity index is 2080. The van der Waals surface area contributed by atoms with Gasteiger partial charge >= 0.3 is 0 Å². The van der Waals surface area contributed by atoms with Gasteiger partial charge in [-0.25, -0.2) is 9.97 Å². The predicted molar refractivity (Wildman–Crippen MR) is 192 cm³/mol. The maximum Gasteiger partial charge on any atom is 0.255 e. The maximum atomic E-state index is 13.0. The number of aryl methyl sites for hydroxylation is 1. The van der Waals surface area contributed by atoms with Gasteiger partial charge in [0.1, 0.15) is 41.6 Å². The molecule has 2 aliphatic rings. The summed E-state index contributed by atoms with van der Waals surface area (Å²) in [4.78, 5) is 49.9. The quantitative estimate of drug-likeness (QED) is 0.131. The average Bonchev–Trinajstić information content (AvgIpc) is 3.68. The highest BCUT2D eigenvalue weighted by Gasteiger charge is 2.40. The van der Waals surface area contributed by atoms with Crippen molar-refractivity contribution in [1.82, 2.24) is 20.2 Å². The van der Waals surface area contributed by atoms with Crippen molar-refractivity contribution in [3.63, 3.8) is 0 Å². The van der Waals surface area contributed by atoms with Crippen LogP contribution in [0.25, 0.3) is 31.9 Å². The van der Waals surface area contributed by atoms with Crippen LogP contribution in [0.3, 0.4) is 0 Å². The Kier molecular flexibility index (Phi) is 9.46. The van der Waals surface area contributed by atoms with E-state index in [9.17, 15) is 14.4 Å². The van der Waals surface area contributed by atoms with Gasteiger partial charge in [0.15, 0.2) is 0 Å². The molecule has 1 fully saturated rings. The molecule has 5 aromatic rings. The predicted octanol–water partition coefficient (Wildman–Crippen LogP) is 5.64. The number of hydrogen-bond donors (Lipinski definition) is 1. The first-order chi connectivity index (χ1) is 24.2. The third-order valence-corrected chi connectivity index (χ3v) is 9.93. The number of carbonyl (C=O) groups excluding carboxylic acids is 3. The van der Waals surface area contributed by atoms with Crippen molar-refractivity contribution in [3.05, 3.63) is 89.6 Å². The molecule has 0 spiro atoms. The number of carbonyl (C=O) groups is 3. The molecule has 11 nitrogen and oxygen atoms in total. The van der Waals surface area contributed by atoms with Gasteiger partial charge in [-0.05, 0) is 66.9 Å². The van der Waals surface area contributed by atoms with E-state index in [2.05, 4.69) is 41.5 Å². The number of hydrogen-bond acceptors (Lipinski definition) is 10. The molecule has 4 heterocycles. The van der Waals surface area contributed by atoms with E-state index in [4.69, 9.17) is 19.2 Å². The number of nitrogens with one attached hydrogen (secondary N) is 1. The molecule has 1 saturated heterocycles. The molecular formula is C38H37N5O6S. The summed E-state index contributed by atoms with van der Waals surface area (Å²) in [5.74, 6) is 1.28. The van der Waals surface area contributed by atoms with Gasteiger partial charge in [-0.3, -0.25) is 19.7 Å².